The molecule has 0 saturated carbocycles. The molecule has 0 amide bonds. The molecule has 1 N–H and O–H groups in total. The van der Waals surface area contributed by atoms with Gasteiger partial charge in [0, 0.05) is 17.0 Å². The fraction of sp³-hybridized carbons (Fsp3) is 0. The Labute approximate surface area is 98.0 Å². The molecule has 3 aromatic rings. The van der Waals surface area contributed by atoms with Crippen molar-refractivity contribution in [3.05, 3.63) is 49.2 Å². The molecule has 2 heterocycles. The van der Waals surface area contributed by atoms with Crippen molar-refractivity contribution >= 4 is 24.4 Å². The van der Waals surface area contributed by atoms with Crippen LogP contribution in [0.5, 0.6) is 0 Å². The Morgan fingerprint density at radius 2 is 2.18 bits per heavy atom. The minimum absolute atomic E-state index is 0.270. The third-order valence-corrected chi connectivity index (χ3v) is 2.69. The van der Waals surface area contributed by atoms with Gasteiger partial charge in [-0.05, 0) is 6.07 Å². The fourth-order valence-corrected chi connectivity index (χ4v) is 1.79. The second-order valence-corrected chi connectivity index (χ2v) is 4.17. The van der Waals surface area contributed by atoms with Crippen molar-refractivity contribution in [1.82, 2.24) is 9.97 Å². The normalized spacial score (nSPS) is 10.8. The molecular formula is C11H9N2O3P. The number of rotatable bonds is 1. The van der Waals surface area contributed by atoms with Gasteiger partial charge < -0.3 is 14.3 Å². The first-order chi connectivity index (χ1) is 8.27. The van der Waals surface area contributed by atoms with Crippen molar-refractivity contribution in [2.24, 2.45) is 0 Å². The van der Waals surface area contributed by atoms with Crippen molar-refractivity contribution in [2.45, 2.75) is 0 Å². The SMILES string of the molecule is O=[P+]([O-])c1cc2ccccc2[nH]1.c1cocn1. The standard InChI is InChI=1S/C8H6NO2P.C3H3NO/c10-12(11)8-5-6-3-1-2-4-7(6)9-8;1-2-5-3-4-1/h1-5,9H;1-3H. The highest BCUT2D eigenvalue weighted by Gasteiger charge is 2.09. The maximum absolute atomic E-state index is 10.6. The van der Waals surface area contributed by atoms with Crippen LogP contribution in [0.2, 0.25) is 0 Å². The lowest BCUT2D eigenvalue weighted by molar-refractivity contribution is -0.160. The monoisotopic (exact) mass is 248 g/mol. The average molecular weight is 248 g/mol. The second kappa shape index (κ2) is 5.39. The Morgan fingerprint density at radius 3 is 2.71 bits per heavy atom. The summed E-state index contributed by atoms with van der Waals surface area (Å²) < 4.78 is 15.0. The second-order valence-electron chi connectivity index (χ2n) is 3.17. The first-order valence-electron chi connectivity index (χ1n) is 4.81. The molecule has 0 aliphatic rings. The van der Waals surface area contributed by atoms with E-state index in [2.05, 4.69) is 14.4 Å². The number of para-hydroxylation sites is 1. The van der Waals surface area contributed by atoms with Crippen molar-refractivity contribution in [3.8, 4) is 0 Å². The van der Waals surface area contributed by atoms with E-state index in [1.807, 2.05) is 24.3 Å². The number of benzene rings is 1. The average Bonchev–Trinajstić information content (AvgIpc) is 3.01. The smallest absolute Gasteiger partial charge is 0.367 e. The van der Waals surface area contributed by atoms with E-state index in [9.17, 15) is 9.46 Å². The Bertz CT molecular complexity index is 554. The minimum Gasteiger partial charge on any atom is -0.590 e. The summed E-state index contributed by atoms with van der Waals surface area (Å²) in [6, 6.07) is 9.07. The molecule has 1 atom stereocenters. The molecule has 0 aliphatic heterocycles. The summed E-state index contributed by atoms with van der Waals surface area (Å²) in [5.41, 5.74) is 1.12. The summed E-state index contributed by atoms with van der Waals surface area (Å²) in [6.45, 7) is 0. The van der Waals surface area contributed by atoms with Crippen molar-refractivity contribution < 1.29 is 13.9 Å². The number of aromatic nitrogens is 2. The van der Waals surface area contributed by atoms with Gasteiger partial charge in [0.05, 0.1) is 6.20 Å². The molecule has 0 bridgehead atoms. The van der Waals surface area contributed by atoms with Gasteiger partial charge in [0.2, 0.25) is 0 Å². The van der Waals surface area contributed by atoms with E-state index in [-0.39, 0.29) is 5.44 Å². The Kier molecular flexibility index (Phi) is 3.65. The van der Waals surface area contributed by atoms with Crippen LogP contribution in [0.1, 0.15) is 0 Å². The van der Waals surface area contributed by atoms with Crippen LogP contribution >= 0.6 is 8.03 Å². The predicted molar refractivity (Wildman–Crippen MR) is 62.0 cm³/mol. The van der Waals surface area contributed by atoms with E-state index in [0.717, 1.165) is 10.9 Å². The van der Waals surface area contributed by atoms with E-state index in [0.29, 0.717) is 0 Å². The Hall–Kier alpha value is -1.97. The molecule has 6 heteroatoms. The van der Waals surface area contributed by atoms with Crippen LogP contribution in [0, 0.1) is 0 Å². The fourth-order valence-electron chi connectivity index (χ4n) is 1.33. The van der Waals surface area contributed by atoms with Crippen LogP contribution < -0.4 is 10.3 Å². The van der Waals surface area contributed by atoms with E-state index >= 15 is 0 Å². The molecule has 5 nitrogen and oxygen atoms in total. The van der Waals surface area contributed by atoms with Crippen LogP contribution in [0.3, 0.4) is 0 Å². The molecule has 0 spiro atoms. The number of hydrogen-bond donors (Lipinski definition) is 1. The lowest BCUT2D eigenvalue weighted by Gasteiger charge is -1.83. The number of fused-ring (bicyclic) bond motifs is 1. The first kappa shape index (κ1) is 11.5. The van der Waals surface area contributed by atoms with Crippen LogP contribution in [0.15, 0.2) is 53.6 Å². The summed E-state index contributed by atoms with van der Waals surface area (Å²) in [5, 5.41) is 0.923. The summed E-state index contributed by atoms with van der Waals surface area (Å²) >= 11 is 0. The Morgan fingerprint density at radius 1 is 1.35 bits per heavy atom. The molecule has 1 aromatic carbocycles. The van der Waals surface area contributed by atoms with Gasteiger partial charge in [-0.2, -0.15) is 0 Å². The number of nitrogens with zero attached hydrogens (tertiary/aromatic N) is 1. The van der Waals surface area contributed by atoms with Crippen molar-refractivity contribution in [3.63, 3.8) is 0 Å². The summed E-state index contributed by atoms with van der Waals surface area (Å²) in [5.74, 6) is 0. The summed E-state index contributed by atoms with van der Waals surface area (Å²) in [6.07, 6.45) is 4.47. The van der Waals surface area contributed by atoms with E-state index in [4.69, 9.17) is 0 Å². The highest BCUT2D eigenvalue weighted by Crippen LogP contribution is 2.15. The van der Waals surface area contributed by atoms with Crippen molar-refractivity contribution in [1.29, 1.82) is 0 Å². The van der Waals surface area contributed by atoms with Crippen LogP contribution in [-0.2, 0) is 4.57 Å². The van der Waals surface area contributed by atoms with Crippen LogP contribution in [0.25, 0.3) is 10.9 Å². The first-order valence-corrected chi connectivity index (χ1v) is 5.99. The molecule has 0 saturated heterocycles. The van der Waals surface area contributed by atoms with E-state index in [1.54, 1.807) is 12.3 Å². The number of hydrogen-bond acceptors (Lipinski definition) is 4. The third kappa shape index (κ3) is 3.00. The molecule has 3 rings (SSSR count). The summed E-state index contributed by atoms with van der Waals surface area (Å²) in [4.78, 5) is 16.9. The maximum Gasteiger partial charge on any atom is 0.367 e. The maximum atomic E-state index is 10.6. The molecule has 86 valence electrons. The lowest BCUT2D eigenvalue weighted by Crippen LogP contribution is -2.03. The predicted octanol–water partition coefficient (Wildman–Crippen LogP) is 1.57. The highest BCUT2D eigenvalue weighted by molar-refractivity contribution is 7.45. The van der Waals surface area contributed by atoms with E-state index in [1.165, 1.54) is 12.7 Å². The molecule has 2 aromatic heterocycles. The van der Waals surface area contributed by atoms with Gasteiger partial charge in [0.25, 0.3) is 5.44 Å². The van der Waals surface area contributed by atoms with Gasteiger partial charge in [-0.15, -0.1) is 0 Å². The van der Waals surface area contributed by atoms with Gasteiger partial charge in [0.1, 0.15) is 6.26 Å². The molecule has 1 unspecified atom stereocenters. The number of oxazole rings is 1. The molecular weight excluding hydrogens is 239 g/mol. The molecule has 0 radical (unpaired) electrons. The van der Waals surface area contributed by atoms with E-state index < -0.39 is 8.03 Å². The van der Waals surface area contributed by atoms with Gasteiger partial charge in [-0.25, -0.2) is 4.98 Å². The van der Waals surface area contributed by atoms with Gasteiger partial charge in [0.15, 0.2) is 6.39 Å². The lowest BCUT2D eigenvalue weighted by atomic mass is 10.3. The zero-order valence-electron chi connectivity index (χ0n) is 8.74. The minimum atomic E-state index is -2.50. The van der Waals surface area contributed by atoms with Gasteiger partial charge in [-0.3, -0.25) is 0 Å². The van der Waals surface area contributed by atoms with Crippen LogP contribution in [0.4, 0.5) is 0 Å². The summed E-state index contributed by atoms with van der Waals surface area (Å²) in [7, 11) is -2.50. The third-order valence-electron chi connectivity index (χ3n) is 2.06. The number of nitrogens with one attached hydrogen (secondary N) is 1. The zero-order chi connectivity index (χ0) is 12.1. The zero-order valence-corrected chi connectivity index (χ0v) is 9.63. The molecule has 17 heavy (non-hydrogen) atoms. The van der Waals surface area contributed by atoms with Gasteiger partial charge >= 0.3 is 8.03 Å². The Balaban J connectivity index is 0.000000181. The number of H-pyrrole nitrogens is 1. The topological polar surface area (TPSA) is 82.0 Å². The quantitative estimate of drug-likeness (QED) is 0.662. The molecule has 0 aliphatic carbocycles. The number of aromatic amines is 1. The van der Waals surface area contributed by atoms with Gasteiger partial charge in [-0.1, -0.05) is 22.8 Å². The largest absolute Gasteiger partial charge is 0.590 e. The highest BCUT2D eigenvalue weighted by atomic mass is 31.1. The van der Waals surface area contributed by atoms with Crippen LogP contribution in [-0.4, -0.2) is 9.97 Å². The molecule has 0 fully saturated rings. The van der Waals surface area contributed by atoms with Crippen molar-refractivity contribution in [2.75, 3.05) is 0 Å².